The number of rotatable bonds is 7. The second-order valence-electron chi connectivity index (χ2n) is 12.2. The number of ketones is 2. The Kier molecular flexibility index (Phi) is 12.2. The summed E-state index contributed by atoms with van der Waals surface area (Å²) >= 11 is 0. The lowest BCUT2D eigenvalue weighted by Gasteiger charge is -2.11. The maximum atomic E-state index is 13.9. The molecule has 0 fully saturated rings. The van der Waals surface area contributed by atoms with Gasteiger partial charge in [0.2, 0.25) is 0 Å². The largest absolute Gasteiger partial charge is 0.321 e. The number of hydrogen-bond donors (Lipinski definition) is 2. The Hall–Kier alpha value is -7.93. The molecule has 4 heterocycles. The zero-order chi connectivity index (χ0) is 40.3. The molecular weight excluding hydrogens is 731 g/mol. The lowest BCUT2D eigenvalue weighted by Crippen LogP contribution is -2.18. The molecule has 0 saturated carbocycles. The predicted molar refractivity (Wildman–Crippen MR) is 213 cm³/mol. The van der Waals surface area contributed by atoms with Gasteiger partial charge in [0.1, 0.15) is 11.6 Å². The number of fused-ring (bicyclic) bond motifs is 2. The second-order valence-corrected chi connectivity index (χ2v) is 12.2. The second kappa shape index (κ2) is 17.9. The molecule has 13 heteroatoms. The van der Waals surface area contributed by atoms with Gasteiger partial charge in [-0.25, -0.2) is 8.78 Å². The number of hydrogen-bond acceptors (Lipinski definition) is 9. The topological polar surface area (TPSA) is 168 Å². The molecule has 0 radical (unpaired) electrons. The van der Waals surface area contributed by atoms with Gasteiger partial charge in [0.05, 0.1) is 35.9 Å². The van der Waals surface area contributed by atoms with E-state index in [1.807, 2.05) is 24.3 Å². The summed E-state index contributed by atoms with van der Waals surface area (Å²) in [6.45, 7) is 1.34. The van der Waals surface area contributed by atoms with Crippen LogP contribution in [0.5, 0.6) is 0 Å². The fourth-order valence-corrected chi connectivity index (χ4v) is 5.94. The van der Waals surface area contributed by atoms with Gasteiger partial charge in [-0.2, -0.15) is 20.4 Å². The predicted octanol–water partition coefficient (Wildman–Crippen LogP) is 7.85. The maximum Gasteiger partial charge on any atom is 0.260 e. The highest BCUT2D eigenvalue weighted by Crippen LogP contribution is 2.31. The van der Waals surface area contributed by atoms with Gasteiger partial charge in [-0.05, 0) is 84.3 Å². The third-order valence-corrected chi connectivity index (χ3v) is 8.45. The monoisotopic (exact) mass is 760 g/mol. The maximum absolute atomic E-state index is 13.9. The molecule has 4 aromatic heterocycles. The molecule has 0 aliphatic heterocycles. The SMILES string of the molecule is CC(=O)c1c(-c2ccccc2)c2cc(F)ccc2[nH]c1=O.O=C(/C=C/c1ccnnc1)c1c(-c2ccccc2)c2cc(F)ccc2[nH]c1=O.O=Cc1ccnnc1. The molecular formula is C44H30F2N6O5. The van der Waals surface area contributed by atoms with Gasteiger partial charge in [-0.3, -0.25) is 24.0 Å². The van der Waals surface area contributed by atoms with E-state index in [1.165, 1.54) is 74.2 Å². The van der Waals surface area contributed by atoms with Crippen LogP contribution >= 0.6 is 0 Å². The zero-order valence-corrected chi connectivity index (χ0v) is 30.0. The summed E-state index contributed by atoms with van der Waals surface area (Å²) < 4.78 is 27.5. The molecule has 57 heavy (non-hydrogen) atoms. The zero-order valence-electron chi connectivity index (χ0n) is 30.0. The van der Waals surface area contributed by atoms with Crippen LogP contribution in [0, 0.1) is 11.6 Å². The van der Waals surface area contributed by atoms with Gasteiger partial charge in [0.25, 0.3) is 11.1 Å². The number of benzene rings is 4. The van der Waals surface area contributed by atoms with Crippen molar-refractivity contribution in [3.8, 4) is 22.3 Å². The first-order valence-corrected chi connectivity index (χ1v) is 17.2. The molecule has 0 unspecified atom stereocenters. The third-order valence-electron chi connectivity index (χ3n) is 8.45. The Bertz CT molecular complexity index is 2870. The van der Waals surface area contributed by atoms with Crippen LogP contribution in [0.4, 0.5) is 8.78 Å². The van der Waals surface area contributed by atoms with Crippen molar-refractivity contribution in [2.75, 3.05) is 0 Å². The number of nitrogens with one attached hydrogen (secondary N) is 2. The highest BCUT2D eigenvalue weighted by molar-refractivity contribution is 6.15. The Labute approximate surface area is 322 Å². The first kappa shape index (κ1) is 38.8. The molecule has 0 spiro atoms. The first-order chi connectivity index (χ1) is 27.6. The Morgan fingerprint density at radius 2 is 1.07 bits per heavy atom. The standard InChI is InChI=1S/C22H14FN3O2.C17H12FNO2.C5H4N2O/c23-16-7-8-18-17(12-16)20(15-4-2-1-3-5-15)21(22(28)26-18)19(27)9-6-14-10-11-24-25-13-14;1-10(20)15-16(11-5-3-2-4-6-11)13-9-12(18)7-8-14(13)19-17(15)21;8-4-5-1-2-6-7-3-5/h1-13H,(H,26,28);2-9H,1H3,(H,19,21);1-4H/b9-6+;;. The summed E-state index contributed by atoms with van der Waals surface area (Å²) in [5.74, 6) is -1.70. The van der Waals surface area contributed by atoms with Crippen molar-refractivity contribution in [3.63, 3.8) is 0 Å². The number of nitrogens with zero attached hydrogens (tertiary/aromatic N) is 4. The van der Waals surface area contributed by atoms with Crippen LogP contribution in [-0.4, -0.2) is 48.2 Å². The van der Waals surface area contributed by atoms with Crippen LogP contribution in [-0.2, 0) is 0 Å². The van der Waals surface area contributed by atoms with E-state index in [1.54, 1.807) is 54.6 Å². The van der Waals surface area contributed by atoms with Gasteiger partial charge in [-0.15, -0.1) is 0 Å². The van der Waals surface area contributed by atoms with Crippen molar-refractivity contribution in [1.29, 1.82) is 0 Å². The molecule has 0 saturated heterocycles. The summed E-state index contributed by atoms with van der Waals surface area (Å²) in [5, 5.41) is 15.4. The van der Waals surface area contributed by atoms with Crippen LogP contribution in [0.1, 0.15) is 43.6 Å². The van der Waals surface area contributed by atoms with Crippen molar-refractivity contribution in [1.82, 2.24) is 30.4 Å². The normalized spacial score (nSPS) is 10.6. The minimum atomic E-state index is -0.527. The molecule has 0 bridgehead atoms. The number of aromatic nitrogens is 6. The molecule has 0 aliphatic rings. The number of allylic oxidation sites excluding steroid dienone is 1. The summed E-state index contributed by atoms with van der Waals surface area (Å²) in [5.41, 5.74) is 3.48. The Balaban J connectivity index is 0.000000166. The molecule has 2 N–H and O–H groups in total. The summed E-state index contributed by atoms with van der Waals surface area (Å²) in [7, 11) is 0. The molecule has 4 aromatic carbocycles. The van der Waals surface area contributed by atoms with Crippen LogP contribution in [0.3, 0.4) is 0 Å². The molecule has 0 amide bonds. The van der Waals surface area contributed by atoms with E-state index in [0.29, 0.717) is 55.2 Å². The molecule has 11 nitrogen and oxygen atoms in total. The Morgan fingerprint density at radius 3 is 1.51 bits per heavy atom. The molecule has 8 aromatic rings. The highest BCUT2D eigenvalue weighted by atomic mass is 19.1. The van der Waals surface area contributed by atoms with Crippen molar-refractivity contribution >= 4 is 45.7 Å². The minimum Gasteiger partial charge on any atom is -0.321 e. The molecule has 0 aliphatic carbocycles. The van der Waals surface area contributed by atoms with Gasteiger partial charge in [-0.1, -0.05) is 60.7 Å². The van der Waals surface area contributed by atoms with E-state index in [0.717, 1.165) is 6.29 Å². The average Bonchev–Trinajstić information content (AvgIpc) is 3.24. The van der Waals surface area contributed by atoms with Crippen molar-refractivity contribution in [2.24, 2.45) is 0 Å². The van der Waals surface area contributed by atoms with E-state index >= 15 is 0 Å². The first-order valence-electron chi connectivity index (χ1n) is 17.2. The quantitative estimate of drug-likeness (QED) is 0.0934. The number of H-pyrrole nitrogens is 2. The number of Topliss-reactive ketones (excluding diaryl/α,β-unsaturated/α-hetero) is 1. The van der Waals surface area contributed by atoms with E-state index in [4.69, 9.17) is 0 Å². The van der Waals surface area contributed by atoms with Gasteiger partial charge >= 0.3 is 0 Å². The summed E-state index contributed by atoms with van der Waals surface area (Å²) in [6, 6.07) is 29.5. The minimum absolute atomic E-state index is 0.0393. The number of pyridine rings is 2. The van der Waals surface area contributed by atoms with Crippen molar-refractivity contribution in [2.45, 2.75) is 6.92 Å². The van der Waals surface area contributed by atoms with E-state index in [-0.39, 0.29) is 16.9 Å². The van der Waals surface area contributed by atoms with Crippen molar-refractivity contribution < 1.29 is 23.2 Å². The number of carbonyl (C=O) groups is 3. The van der Waals surface area contributed by atoms with Crippen LogP contribution < -0.4 is 11.1 Å². The number of aldehydes is 1. The number of carbonyl (C=O) groups excluding carboxylic acids is 3. The smallest absolute Gasteiger partial charge is 0.260 e. The Morgan fingerprint density at radius 1 is 0.596 bits per heavy atom. The van der Waals surface area contributed by atoms with E-state index in [2.05, 4.69) is 30.4 Å². The summed E-state index contributed by atoms with van der Waals surface area (Å²) in [4.78, 5) is 65.0. The average molecular weight is 761 g/mol. The van der Waals surface area contributed by atoms with Crippen LogP contribution in [0.15, 0.2) is 150 Å². The van der Waals surface area contributed by atoms with Crippen LogP contribution in [0.25, 0.3) is 50.1 Å². The third kappa shape index (κ3) is 9.24. The van der Waals surface area contributed by atoms with E-state index in [9.17, 15) is 32.8 Å². The van der Waals surface area contributed by atoms with Gasteiger partial charge < -0.3 is 9.97 Å². The van der Waals surface area contributed by atoms with Gasteiger partial charge in [0.15, 0.2) is 17.9 Å². The lowest BCUT2D eigenvalue weighted by atomic mass is 9.94. The fourth-order valence-electron chi connectivity index (χ4n) is 5.94. The molecule has 280 valence electrons. The number of halogens is 2. The molecule has 8 rings (SSSR count). The van der Waals surface area contributed by atoms with Crippen LogP contribution in [0.2, 0.25) is 0 Å². The lowest BCUT2D eigenvalue weighted by molar-refractivity contribution is 0.101. The fraction of sp³-hybridized carbons (Fsp3) is 0.0227. The molecule has 0 atom stereocenters. The summed E-state index contributed by atoms with van der Waals surface area (Å²) in [6.07, 6.45) is 9.48. The van der Waals surface area contributed by atoms with E-state index < -0.39 is 28.5 Å². The highest BCUT2D eigenvalue weighted by Gasteiger charge is 2.20. The van der Waals surface area contributed by atoms with Crippen molar-refractivity contribution in [3.05, 3.63) is 195 Å². The van der Waals surface area contributed by atoms with Gasteiger partial charge in [0, 0.05) is 38.5 Å². The number of aromatic amines is 2.